The van der Waals surface area contributed by atoms with E-state index in [-0.39, 0.29) is 11.7 Å². The number of nitrogens with zero attached hydrogens (tertiary/aromatic N) is 1. The van der Waals surface area contributed by atoms with Crippen molar-refractivity contribution in [2.24, 2.45) is 5.73 Å². The standard InChI is InChI=1S/C17H19FN2O/c1-20(12-11-13-7-9-15(18)10-8-13)17(21)16(19)14-5-3-2-4-6-14/h2-10,16H,11-12,19H2,1H3. The fourth-order valence-electron chi connectivity index (χ4n) is 2.10. The molecule has 0 spiro atoms. The summed E-state index contributed by atoms with van der Waals surface area (Å²) in [5.74, 6) is -0.377. The maximum Gasteiger partial charge on any atom is 0.243 e. The van der Waals surface area contributed by atoms with Gasteiger partial charge in [0.15, 0.2) is 0 Å². The molecule has 2 aromatic rings. The van der Waals surface area contributed by atoms with Crippen LogP contribution in [0.5, 0.6) is 0 Å². The molecule has 0 fully saturated rings. The Morgan fingerprint density at radius 3 is 2.38 bits per heavy atom. The van der Waals surface area contributed by atoms with Crippen LogP contribution in [0.3, 0.4) is 0 Å². The molecule has 2 rings (SSSR count). The van der Waals surface area contributed by atoms with E-state index in [1.807, 2.05) is 30.3 Å². The highest BCUT2D eigenvalue weighted by molar-refractivity contribution is 5.82. The number of hydrogen-bond acceptors (Lipinski definition) is 2. The van der Waals surface area contributed by atoms with Crippen LogP contribution >= 0.6 is 0 Å². The fraction of sp³-hybridized carbons (Fsp3) is 0.235. The van der Waals surface area contributed by atoms with Crippen molar-refractivity contribution in [2.75, 3.05) is 13.6 Å². The van der Waals surface area contributed by atoms with E-state index in [1.54, 1.807) is 24.1 Å². The van der Waals surface area contributed by atoms with E-state index in [0.717, 1.165) is 11.1 Å². The first-order chi connectivity index (χ1) is 10.1. The van der Waals surface area contributed by atoms with Gasteiger partial charge in [-0.15, -0.1) is 0 Å². The SMILES string of the molecule is CN(CCc1ccc(F)cc1)C(=O)C(N)c1ccccc1. The van der Waals surface area contributed by atoms with Crippen LogP contribution in [0.2, 0.25) is 0 Å². The summed E-state index contributed by atoms with van der Waals surface area (Å²) in [5, 5.41) is 0. The summed E-state index contributed by atoms with van der Waals surface area (Å²) in [6, 6.07) is 15.0. The third-order valence-electron chi connectivity index (χ3n) is 3.45. The Morgan fingerprint density at radius 1 is 1.14 bits per heavy atom. The van der Waals surface area contributed by atoms with Crippen LogP contribution < -0.4 is 5.73 Å². The molecule has 0 bridgehead atoms. The highest BCUT2D eigenvalue weighted by Gasteiger charge is 2.19. The number of halogens is 1. The first kappa shape index (κ1) is 15.2. The van der Waals surface area contributed by atoms with Gasteiger partial charge < -0.3 is 10.6 Å². The molecule has 1 atom stereocenters. The number of likely N-dealkylation sites (N-methyl/N-ethyl adjacent to an activating group) is 1. The molecule has 4 heteroatoms. The normalized spacial score (nSPS) is 12.0. The van der Waals surface area contributed by atoms with E-state index < -0.39 is 6.04 Å². The Kier molecular flexibility index (Phi) is 5.06. The molecule has 110 valence electrons. The fourth-order valence-corrected chi connectivity index (χ4v) is 2.10. The van der Waals surface area contributed by atoms with Crippen LogP contribution in [0.25, 0.3) is 0 Å². The van der Waals surface area contributed by atoms with Gasteiger partial charge in [-0.05, 0) is 29.7 Å². The molecule has 2 N–H and O–H groups in total. The van der Waals surface area contributed by atoms with Crippen LogP contribution in [-0.2, 0) is 11.2 Å². The Labute approximate surface area is 124 Å². The van der Waals surface area contributed by atoms with Crippen molar-refractivity contribution in [3.8, 4) is 0 Å². The van der Waals surface area contributed by atoms with Gasteiger partial charge in [0, 0.05) is 13.6 Å². The number of carbonyl (C=O) groups excluding carboxylic acids is 1. The maximum absolute atomic E-state index is 12.8. The Bertz CT molecular complexity index is 583. The summed E-state index contributed by atoms with van der Waals surface area (Å²) in [6.07, 6.45) is 0.671. The zero-order chi connectivity index (χ0) is 15.2. The molecule has 0 aliphatic heterocycles. The van der Waals surface area contributed by atoms with E-state index in [1.165, 1.54) is 12.1 Å². The number of benzene rings is 2. The van der Waals surface area contributed by atoms with Crippen LogP contribution in [0.4, 0.5) is 4.39 Å². The van der Waals surface area contributed by atoms with Gasteiger partial charge in [0.2, 0.25) is 5.91 Å². The van der Waals surface area contributed by atoms with Gasteiger partial charge in [-0.1, -0.05) is 42.5 Å². The van der Waals surface area contributed by atoms with Crippen molar-refractivity contribution in [2.45, 2.75) is 12.5 Å². The van der Waals surface area contributed by atoms with Gasteiger partial charge in [-0.25, -0.2) is 4.39 Å². The molecule has 21 heavy (non-hydrogen) atoms. The largest absolute Gasteiger partial charge is 0.344 e. The molecule has 0 heterocycles. The predicted octanol–water partition coefficient (Wildman–Crippen LogP) is 2.53. The van der Waals surface area contributed by atoms with E-state index >= 15 is 0 Å². The van der Waals surface area contributed by atoms with Gasteiger partial charge in [-0.2, -0.15) is 0 Å². The zero-order valence-corrected chi connectivity index (χ0v) is 12.0. The van der Waals surface area contributed by atoms with Gasteiger partial charge in [0.25, 0.3) is 0 Å². The van der Waals surface area contributed by atoms with Crippen molar-refractivity contribution in [1.29, 1.82) is 0 Å². The Balaban J connectivity index is 1.92. The van der Waals surface area contributed by atoms with Crippen molar-refractivity contribution in [1.82, 2.24) is 4.90 Å². The van der Waals surface area contributed by atoms with Gasteiger partial charge in [0.05, 0.1) is 0 Å². The number of rotatable bonds is 5. The van der Waals surface area contributed by atoms with Gasteiger partial charge in [0.1, 0.15) is 11.9 Å². The molecule has 0 saturated heterocycles. The van der Waals surface area contributed by atoms with E-state index in [4.69, 9.17) is 5.73 Å². The smallest absolute Gasteiger partial charge is 0.243 e. The number of nitrogens with two attached hydrogens (primary N) is 1. The minimum Gasteiger partial charge on any atom is -0.344 e. The molecule has 0 aromatic heterocycles. The van der Waals surface area contributed by atoms with Crippen molar-refractivity contribution in [3.05, 3.63) is 71.5 Å². The van der Waals surface area contributed by atoms with E-state index in [2.05, 4.69) is 0 Å². The lowest BCUT2D eigenvalue weighted by atomic mass is 10.1. The monoisotopic (exact) mass is 286 g/mol. The third-order valence-corrected chi connectivity index (χ3v) is 3.45. The van der Waals surface area contributed by atoms with Gasteiger partial charge >= 0.3 is 0 Å². The first-order valence-corrected chi connectivity index (χ1v) is 6.88. The van der Waals surface area contributed by atoms with E-state index in [9.17, 15) is 9.18 Å². The van der Waals surface area contributed by atoms with E-state index in [0.29, 0.717) is 13.0 Å². The molecule has 0 aliphatic carbocycles. The van der Waals surface area contributed by atoms with Crippen molar-refractivity contribution >= 4 is 5.91 Å². The molecular weight excluding hydrogens is 267 g/mol. The summed E-state index contributed by atoms with van der Waals surface area (Å²) < 4.78 is 12.8. The Hall–Kier alpha value is -2.20. The number of amides is 1. The Morgan fingerprint density at radius 2 is 1.76 bits per heavy atom. The minimum absolute atomic E-state index is 0.122. The summed E-state index contributed by atoms with van der Waals surface area (Å²) in [4.78, 5) is 13.9. The average Bonchev–Trinajstić information content (AvgIpc) is 2.53. The van der Waals surface area contributed by atoms with Crippen LogP contribution in [0, 0.1) is 5.82 Å². The lowest BCUT2D eigenvalue weighted by Crippen LogP contribution is -2.37. The summed E-state index contributed by atoms with van der Waals surface area (Å²) >= 11 is 0. The molecule has 1 amide bonds. The zero-order valence-electron chi connectivity index (χ0n) is 12.0. The molecule has 3 nitrogen and oxygen atoms in total. The van der Waals surface area contributed by atoms with Crippen LogP contribution in [0.1, 0.15) is 17.2 Å². The second kappa shape index (κ2) is 6.99. The lowest BCUT2D eigenvalue weighted by molar-refractivity contribution is -0.131. The first-order valence-electron chi connectivity index (χ1n) is 6.88. The number of carbonyl (C=O) groups is 1. The summed E-state index contributed by atoms with van der Waals surface area (Å²) in [6.45, 7) is 0.547. The van der Waals surface area contributed by atoms with Crippen LogP contribution in [-0.4, -0.2) is 24.4 Å². The second-order valence-electron chi connectivity index (χ2n) is 5.02. The van der Waals surface area contributed by atoms with Crippen molar-refractivity contribution < 1.29 is 9.18 Å². The highest BCUT2D eigenvalue weighted by Crippen LogP contribution is 2.12. The quantitative estimate of drug-likeness (QED) is 0.918. The van der Waals surface area contributed by atoms with Gasteiger partial charge in [-0.3, -0.25) is 4.79 Å². The second-order valence-corrected chi connectivity index (χ2v) is 5.02. The molecule has 0 radical (unpaired) electrons. The topological polar surface area (TPSA) is 46.3 Å². The lowest BCUT2D eigenvalue weighted by Gasteiger charge is -2.21. The number of hydrogen-bond donors (Lipinski definition) is 1. The third kappa shape index (κ3) is 4.13. The van der Waals surface area contributed by atoms with Crippen molar-refractivity contribution in [3.63, 3.8) is 0 Å². The van der Waals surface area contributed by atoms with Crippen LogP contribution in [0.15, 0.2) is 54.6 Å². The average molecular weight is 286 g/mol. The highest BCUT2D eigenvalue weighted by atomic mass is 19.1. The summed E-state index contributed by atoms with van der Waals surface area (Å²) in [7, 11) is 1.73. The molecule has 0 aliphatic rings. The molecule has 0 saturated carbocycles. The summed E-state index contributed by atoms with van der Waals surface area (Å²) in [5.41, 5.74) is 7.78. The minimum atomic E-state index is -0.649. The maximum atomic E-state index is 12.8. The predicted molar refractivity (Wildman–Crippen MR) is 81.1 cm³/mol. The molecule has 1 unspecified atom stereocenters. The molecular formula is C17H19FN2O. The molecule has 2 aromatic carbocycles.